The molecule has 3 rings (SSSR count). The fraction of sp³-hybridized carbons (Fsp3) is 0.200. The first-order valence-electron chi connectivity index (χ1n) is 7.84. The summed E-state index contributed by atoms with van der Waals surface area (Å²) in [6.45, 7) is 3.97. The molecule has 0 aliphatic carbocycles. The second kappa shape index (κ2) is 6.59. The Hall–Kier alpha value is -3.06. The van der Waals surface area contributed by atoms with Crippen LogP contribution in [0.25, 0.3) is 6.08 Å². The van der Waals surface area contributed by atoms with Crippen LogP contribution >= 0.6 is 0 Å². The molecule has 2 aromatic carbocycles. The minimum absolute atomic E-state index is 0.0726. The van der Waals surface area contributed by atoms with E-state index in [0.29, 0.717) is 5.69 Å². The van der Waals surface area contributed by atoms with Gasteiger partial charge in [0, 0.05) is 12.1 Å². The first-order valence-corrected chi connectivity index (χ1v) is 7.84. The number of hydrogen-bond acceptors (Lipinski definition) is 3. The van der Waals surface area contributed by atoms with E-state index in [1.54, 1.807) is 12.1 Å². The highest BCUT2D eigenvalue weighted by atomic mass is 16.5. The van der Waals surface area contributed by atoms with Crippen molar-refractivity contribution in [2.45, 2.75) is 26.4 Å². The number of ether oxygens (including phenoxy) is 1. The maximum atomic E-state index is 12.3. The second-order valence-electron chi connectivity index (χ2n) is 5.99. The van der Waals surface area contributed by atoms with E-state index in [4.69, 9.17) is 4.74 Å². The van der Waals surface area contributed by atoms with Gasteiger partial charge in [-0.05, 0) is 60.9 Å². The smallest absolute Gasteiger partial charge is 0.266 e. The van der Waals surface area contributed by atoms with Gasteiger partial charge in [0.05, 0.1) is 0 Å². The zero-order chi connectivity index (χ0) is 17.1. The minimum atomic E-state index is -0.409. The number of hydrogen-bond donors (Lipinski definition) is 1. The molecule has 1 heterocycles. The van der Waals surface area contributed by atoms with Crippen LogP contribution in [0.15, 0.2) is 48.0 Å². The third-order valence-corrected chi connectivity index (χ3v) is 3.87. The number of anilines is 1. The van der Waals surface area contributed by atoms with Crippen molar-refractivity contribution in [3.8, 4) is 11.8 Å². The van der Waals surface area contributed by atoms with E-state index < -0.39 is 5.91 Å². The summed E-state index contributed by atoms with van der Waals surface area (Å²) in [4.78, 5) is 12.3. The molecule has 0 fully saturated rings. The molecule has 0 radical (unpaired) electrons. The quantitative estimate of drug-likeness (QED) is 0.690. The van der Waals surface area contributed by atoms with Crippen molar-refractivity contribution in [2.24, 2.45) is 0 Å². The lowest BCUT2D eigenvalue weighted by molar-refractivity contribution is -0.112. The Labute approximate surface area is 141 Å². The SMILES string of the molecule is Cc1cccc(NC(=O)/C(C#N)=C\c2ccc3c(c2)CC(C)O3)c1. The fourth-order valence-corrected chi connectivity index (χ4v) is 2.77. The molecule has 0 saturated heterocycles. The molecule has 0 aromatic heterocycles. The van der Waals surface area contributed by atoms with E-state index >= 15 is 0 Å². The van der Waals surface area contributed by atoms with E-state index in [1.165, 1.54) is 0 Å². The van der Waals surface area contributed by atoms with Gasteiger partial charge < -0.3 is 10.1 Å². The first kappa shape index (κ1) is 15.8. The van der Waals surface area contributed by atoms with E-state index in [9.17, 15) is 10.1 Å². The van der Waals surface area contributed by atoms with Gasteiger partial charge in [-0.3, -0.25) is 4.79 Å². The Morgan fingerprint density at radius 3 is 2.92 bits per heavy atom. The van der Waals surface area contributed by atoms with Crippen LogP contribution in [0.3, 0.4) is 0 Å². The summed E-state index contributed by atoms with van der Waals surface area (Å²) in [5.41, 5.74) is 3.72. The van der Waals surface area contributed by atoms with Crippen molar-refractivity contribution >= 4 is 17.7 Å². The van der Waals surface area contributed by atoms with Gasteiger partial charge in [-0.1, -0.05) is 18.2 Å². The number of carbonyl (C=O) groups excluding carboxylic acids is 1. The minimum Gasteiger partial charge on any atom is -0.490 e. The number of aryl methyl sites for hydroxylation is 1. The number of benzene rings is 2. The summed E-state index contributed by atoms with van der Waals surface area (Å²) in [7, 11) is 0. The van der Waals surface area contributed by atoms with Crippen LogP contribution in [0.4, 0.5) is 5.69 Å². The van der Waals surface area contributed by atoms with Gasteiger partial charge in [0.15, 0.2) is 0 Å². The third-order valence-electron chi connectivity index (χ3n) is 3.87. The average molecular weight is 318 g/mol. The van der Waals surface area contributed by atoms with Crippen LogP contribution in [0, 0.1) is 18.3 Å². The second-order valence-corrected chi connectivity index (χ2v) is 5.99. The number of rotatable bonds is 3. The highest BCUT2D eigenvalue weighted by Crippen LogP contribution is 2.30. The van der Waals surface area contributed by atoms with Crippen molar-refractivity contribution in [1.29, 1.82) is 5.26 Å². The van der Waals surface area contributed by atoms with E-state index in [1.807, 2.05) is 56.3 Å². The van der Waals surface area contributed by atoms with E-state index in [-0.39, 0.29) is 11.7 Å². The van der Waals surface area contributed by atoms with Gasteiger partial charge >= 0.3 is 0 Å². The van der Waals surface area contributed by atoms with Crippen LogP contribution in [0.1, 0.15) is 23.6 Å². The van der Waals surface area contributed by atoms with Crippen molar-refractivity contribution < 1.29 is 9.53 Å². The maximum Gasteiger partial charge on any atom is 0.266 e. The van der Waals surface area contributed by atoms with E-state index in [2.05, 4.69) is 5.32 Å². The van der Waals surface area contributed by atoms with Crippen LogP contribution in [-0.2, 0) is 11.2 Å². The van der Waals surface area contributed by atoms with Crippen LogP contribution in [-0.4, -0.2) is 12.0 Å². The number of nitrogens with one attached hydrogen (secondary N) is 1. The Kier molecular flexibility index (Phi) is 4.35. The molecule has 1 aliphatic heterocycles. The summed E-state index contributed by atoms with van der Waals surface area (Å²) in [5, 5.41) is 12.1. The maximum absolute atomic E-state index is 12.3. The highest BCUT2D eigenvalue weighted by molar-refractivity contribution is 6.09. The monoisotopic (exact) mass is 318 g/mol. The molecule has 1 N–H and O–H groups in total. The van der Waals surface area contributed by atoms with Crippen LogP contribution in [0.5, 0.6) is 5.75 Å². The van der Waals surface area contributed by atoms with Gasteiger partial charge in [-0.2, -0.15) is 5.26 Å². The normalized spacial score (nSPS) is 16.0. The number of amides is 1. The Morgan fingerprint density at radius 2 is 2.17 bits per heavy atom. The Bertz CT molecular complexity index is 862. The van der Waals surface area contributed by atoms with Crippen molar-refractivity contribution in [3.63, 3.8) is 0 Å². The molecule has 120 valence electrons. The van der Waals surface area contributed by atoms with Crippen molar-refractivity contribution in [1.82, 2.24) is 0 Å². The molecule has 1 amide bonds. The lowest BCUT2D eigenvalue weighted by Gasteiger charge is -2.05. The fourth-order valence-electron chi connectivity index (χ4n) is 2.77. The predicted molar refractivity (Wildman–Crippen MR) is 93.6 cm³/mol. The van der Waals surface area contributed by atoms with E-state index in [0.717, 1.165) is 28.9 Å². The zero-order valence-corrected chi connectivity index (χ0v) is 13.7. The average Bonchev–Trinajstić information content (AvgIpc) is 2.91. The molecular weight excluding hydrogens is 300 g/mol. The summed E-state index contributed by atoms with van der Waals surface area (Å²) in [6, 6.07) is 15.2. The number of nitrogens with zero attached hydrogens (tertiary/aromatic N) is 1. The summed E-state index contributed by atoms with van der Waals surface area (Å²) in [6.07, 6.45) is 2.61. The molecule has 1 unspecified atom stereocenters. The topological polar surface area (TPSA) is 62.1 Å². The van der Waals surface area contributed by atoms with Gasteiger partial charge in [0.1, 0.15) is 23.5 Å². The molecule has 24 heavy (non-hydrogen) atoms. The first-order chi connectivity index (χ1) is 11.5. The number of nitriles is 1. The lowest BCUT2D eigenvalue weighted by atomic mass is 10.0. The summed E-state index contributed by atoms with van der Waals surface area (Å²) >= 11 is 0. The Morgan fingerprint density at radius 1 is 1.33 bits per heavy atom. The van der Waals surface area contributed by atoms with Crippen LogP contribution in [0.2, 0.25) is 0 Å². The number of fused-ring (bicyclic) bond motifs is 1. The molecule has 1 atom stereocenters. The van der Waals surface area contributed by atoms with Crippen molar-refractivity contribution in [3.05, 3.63) is 64.7 Å². The molecule has 0 spiro atoms. The van der Waals surface area contributed by atoms with Gasteiger partial charge in [0.2, 0.25) is 0 Å². The van der Waals surface area contributed by atoms with Crippen molar-refractivity contribution in [2.75, 3.05) is 5.32 Å². The molecular formula is C20H18N2O2. The molecule has 2 aromatic rings. The predicted octanol–water partition coefficient (Wildman–Crippen LogP) is 3.86. The third kappa shape index (κ3) is 3.47. The lowest BCUT2D eigenvalue weighted by Crippen LogP contribution is -2.13. The van der Waals surface area contributed by atoms with Gasteiger partial charge in [0.25, 0.3) is 5.91 Å². The van der Waals surface area contributed by atoms with Gasteiger partial charge in [-0.15, -0.1) is 0 Å². The summed E-state index contributed by atoms with van der Waals surface area (Å²) < 4.78 is 5.67. The molecule has 4 nitrogen and oxygen atoms in total. The molecule has 4 heteroatoms. The number of carbonyl (C=O) groups is 1. The largest absolute Gasteiger partial charge is 0.490 e. The molecule has 0 bridgehead atoms. The molecule has 1 aliphatic rings. The van der Waals surface area contributed by atoms with Crippen LogP contribution < -0.4 is 10.1 Å². The Balaban J connectivity index is 1.81. The van der Waals surface area contributed by atoms with Gasteiger partial charge in [-0.25, -0.2) is 0 Å². The molecule has 0 saturated carbocycles. The summed E-state index contributed by atoms with van der Waals surface area (Å²) in [5.74, 6) is 0.468. The zero-order valence-electron chi connectivity index (χ0n) is 13.7. The standard InChI is InChI=1S/C20H18N2O2/c1-13-4-3-5-18(8-13)22-20(23)17(12-21)11-15-6-7-19-16(10-15)9-14(2)24-19/h3-8,10-11,14H,9H2,1-2H3,(H,22,23)/b17-11-. The highest BCUT2D eigenvalue weighted by Gasteiger charge is 2.19.